The molecule has 0 heterocycles. The van der Waals surface area contributed by atoms with E-state index in [4.69, 9.17) is 16.3 Å². The summed E-state index contributed by atoms with van der Waals surface area (Å²) < 4.78 is 5.42. The van der Waals surface area contributed by atoms with E-state index in [1.807, 2.05) is 0 Å². The van der Waals surface area contributed by atoms with Gasteiger partial charge in [-0.2, -0.15) is 0 Å². The van der Waals surface area contributed by atoms with Crippen molar-refractivity contribution in [2.24, 2.45) is 5.92 Å². The molecule has 0 aliphatic heterocycles. The maximum absolute atomic E-state index is 5.89. The average molecular weight is 220 g/mol. The van der Waals surface area contributed by atoms with Gasteiger partial charge in [0.25, 0.3) is 0 Å². The zero-order valence-electron chi connectivity index (χ0n) is 9.10. The normalized spacial score (nSPS) is 27.0. The van der Waals surface area contributed by atoms with E-state index >= 15 is 0 Å². The van der Waals surface area contributed by atoms with E-state index in [1.54, 1.807) is 0 Å². The standard InChI is InChI=1S/C11H22ClNO/c1-2-7-14-8-6-13-11-5-3-4-10(11)9-12/h10-11,13H,2-9H2,1H3. The lowest BCUT2D eigenvalue weighted by Gasteiger charge is -2.18. The second kappa shape index (κ2) is 7.49. The molecule has 2 atom stereocenters. The van der Waals surface area contributed by atoms with E-state index in [9.17, 15) is 0 Å². The fourth-order valence-electron chi connectivity index (χ4n) is 2.05. The minimum atomic E-state index is 0.637. The number of hydrogen-bond donors (Lipinski definition) is 1. The van der Waals surface area contributed by atoms with Gasteiger partial charge >= 0.3 is 0 Å². The van der Waals surface area contributed by atoms with E-state index in [-0.39, 0.29) is 0 Å². The Labute approximate surface area is 92.3 Å². The van der Waals surface area contributed by atoms with E-state index in [0.29, 0.717) is 12.0 Å². The molecule has 1 fully saturated rings. The Morgan fingerprint density at radius 3 is 2.93 bits per heavy atom. The largest absolute Gasteiger partial charge is 0.380 e. The Kier molecular flexibility index (Phi) is 6.57. The van der Waals surface area contributed by atoms with Gasteiger partial charge in [0.05, 0.1) is 6.61 Å². The Hall–Kier alpha value is 0.210. The number of hydrogen-bond acceptors (Lipinski definition) is 2. The first-order chi connectivity index (χ1) is 6.88. The highest BCUT2D eigenvalue weighted by molar-refractivity contribution is 6.18. The summed E-state index contributed by atoms with van der Waals surface area (Å²) in [7, 11) is 0. The van der Waals surface area contributed by atoms with Crippen LogP contribution in [0.5, 0.6) is 0 Å². The number of nitrogens with one attached hydrogen (secondary N) is 1. The van der Waals surface area contributed by atoms with Gasteiger partial charge in [0.1, 0.15) is 0 Å². The molecular formula is C11H22ClNO. The molecule has 0 bridgehead atoms. The monoisotopic (exact) mass is 219 g/mol. The molecule has 0 spiro atoms. The molecule has 1 N–H and O–H groups in total. The van der Waals surface area contributed by atoms with Crippen LogP contribution in [0.15, 0.2) is 0 Å². The van der Waals surface area contributed by atoms with Gasteiger partial charge in [0, 0.05) is 25.1 Å². The second-order valence-corrected chi connectivity index (χ2v) is 4.33. The molecule has 0 amide bonds. The van der Waals surface area contributed by atoms with Crippen LogP contribution >= 0.6 is 11.6 Å². The Morgan fingerprint density at radius 2 is 2.21 bits per heavy atom. The molecule has 0 aromatic heterocycles. The van der Waals surface area contributed by atoms with Crippen LogP contribution in [-0.2, 0) is 4.74 Å². The van der Waals surface area contributed by atoms with Crippen molar-refractivity contribution in [1.29, 1.82) is 0 Å². The third-order valence-electron chi connectivity index (χ3n) is 2.86. The van der Waals surface area contributed by atoms with Crippen LogP contribution in [0.4, 0.5) is 0 Å². The molecule has 0 radical (unpaired) electrons. The Morgan fingerprint density at radius 1 is 1.36 bits per heavy atom. The number of ether oxygens (including phenoxy) is 1. The van der Waals surface area contributed by atoms with Crippen LogP contribution in [-0.4, -0.2) is 31.7 Å². The summed E-state index contributed by atoms with van der Waals surface area (Å²) in [6.07, 6.45) is 5.00. The molecule has 2 unspecified atom stereocenters. The van der Waals surface area contributed by atoms with Gasteiger partial charge in [-0.15, -0.1) is 11.6 Å². The summed E-state index contributed by atoms with van der Waals surface area (Å²) in [6.45, 7) is 4.82. The molecule has 3 heteroatoms. The van der Waals surface area contributed by atoms with Crippen molar-refractivity contribution in [2.75, 3.05) is 25.6 Å². The van der Waals surface area contributed by atoms with Gasteiger partial charge in [-0.05, 0) is 25.2 Å². The van der Waals surface area contributed by atoms with E-state index in [2.05, 4.69) is 12.2 Å². The minimum absolute atomic E-state index is 0.637. The first kappa shape index (κ1) is 12.3. The van der Waals surface area contributed by atoms with E-state index in [1.165, 1.54) is 19.3 Å². The molecule has 1 aliphatic rings. The quantitative estimate of drug-likeness (QED) is 0.525. The number of alkyl halides is 1. The van der Waals surface area contributed by atoms with Crippen LogP contribution in [0.1, 0.15) is 32.6 Å². The minimum Gasteiger partial charge on any atom is -0.380 e. The summed E-state index contributed by atoms with van der Waals surface area (Å²) in [4.78, 5) is 0. The number of halogens is 1. The van der Waals surface area contributed by atoms with Crippen molar-refractivity contribution < 1.29 is 4.74 Å². The highest BCUT2D eigenvalue weighted by Gasteiger charge is 2.25. The second-order valence-electron chi connectivity index (χ2n) is 4.02. The molecule has 84 valence electrons. The topological polar surface area (TPSA) is 21.3 Å². The highest BCUT2D eigenvalue weighted by Crippen LogP contribution is 2.26. The third-order valence-corrected chi connectivity index (χ3v) is 3.26. The SMILES string of the molecule is CCCOCCNC1CCCC1CCl. The summed E-state index contributed by atoms with van der Waals surface area (Å²) in [5.74, 6) is 1.48. The van der Waals surface area contributed by atoms with Crippen LogP contribution < -0.4 is 5.32 Å². The molecule has 0 aromatic rings. The summed E-state index contributed by atoms with van der Waals surface area (Å²) in [6, 6.07) is 0.637. The zero-order valence-corrected chi connectivity index (χ0v) is 9.85. The van der Waals surface area contributed by atoms with Crippen molar-refractivity contribution in [3.8, 4) is 0 Å². The van der Waals surface area contributed by atoms with Crippen LogP contribution in [0.2, 0.25) is 0 Å². The van der Waals surface area contributed by atoms with Crippen LogP contribution in [0, 0.1) is 5.92 Å². The van der Waals surface area contributed by atoms with Gasteiger partial charge < -0.3 is 10.1 Å². The smallest absolute Gasteiger partial charge is 0.0590 e. The zero-order chi connectivity index (χ0) is 10.2. The fraction of sp³-hybridized carbons (Fsp3) is 1.00. The average Bonchev–Trinajstić information content (AvgIpc) is 2.65. The molecule has 14 heavy (non-hydrogen) atoms. The summed E-state index contributed by atoms with van der Waals surface area (Å²) in [5, 5.41) is 3.53. The van der Waals surface area contributed by atoms with Gasteiger partial charge in [-0.3, -0.25) is 0 Å². The van der Waals surface area contributed by atoms with E-state index < -0.39 is 0 Å². The van der Waals surface area contributed by atoms with Crippen molar-refractivity contribution in [1.82, 2.24) is 5.32 Å². The first-order valence-corrected chi connectivity index (χ1v) is 6.29. The van der Waals surface area contributed by atoms with Crippen molar-refractivity contribution in [2.45, 2.75) is 38.6 Å². The lowest BCUT2D eigenvalue weighted by molar-refractivity contribution is 0.133. The summed E-state index contributed by atoms with van der Waals surface area (Å²) >= 11 is 5.89. The molecule has 1 rings (SSSR count). The lowest BCUT2D eigenvalue weighted by atomic mass is 10.1. The molecule has 1 aliphatic carbocycles. The van der Waals surface area contributed by atoms with Crippen LogP contribution in [0.3, 0.4) is 0 Å². The maximum Gasteiger partial charge on any atom is 0.0590 e. The van der Waals surface area contributed by atoms with Crippen molar-refractivity contribution in [3.05, 3.63) is 0 Å². The maximum atomic E-state index is 5.89. The Bertz CT molecular complexity index is 143. The van der Waals surface area contributed by atoms with Crippen molar-refractivity contribution in [3.63, 3.8) is 0 Å². The predicted molar refractivity (Wildman–Crippen MR) is 61.0 cm³/mol. The van der Waals surface area contributed by atoms with Gasteiger partial charge in [0.15, 0.2) is 0 Å². The first-order valence-electron chi connectivity index (χ1n) is 5.75. The molecule has 1 saturated carbocycles. The molecular weight excluding hydrogens is 198 g/mol. The fourth-order valence-corrected chi connectivity index (χ4v) is 2.42. The molecule has 2 nitrogen and oxygen atoms in total. The van der Waals surface area contributed by atoms with Gasteiger partial charge in [-0.1, -0.05) is 13.3 Å². The van der Waals surface area contributed by atoms with Gasteiger partial charge in [-0.25, -0.2) is 0 Å². The van der Waals surface area contributed by atoms with Crippen LogP contribution in [0.25, 0.3) is 0 Å². The van der Waals surface area contributed by atoms with E-state index in [0.717, 1.165) is 32.1 Å². The highest BCUT2D eigenvalue weighted by atomic mass is 35.5. The number of rotatable bonds is 7. The predicted octanol–water partition coefficient (Wildman–Crippen LogP) is 2.41. The molecule has 0 saturated heterocycles. The lowest BCUT2D eigenvalue weighted by Crippen LogP contribution is -2.35. The summed E-state index contributed by atoms with van der Waals surface area (Å²) in [5.41, 5.74) is 0. The third kappa shape index (κ3) is 4.16. The van der Waals surface area contributed by atoms with Crippen molar-refractivity contribution >= 4 is 11.6 Å². The Balaban J connectivity index is 2.00. The molecule has 0 aromatic carbocycles. The van der Waals surface area contributed by atoms with Gasteiger partial charge in [0.2, 0.25) is 0 Å².